The number of hydrogen-bond donors (Lipinski definition) is 2. The van der Waals surface area contributed by atoms with Crippen LogP contribution in [0.1, 0.15) is 45.4 Å². The fourth-order valence-electron chi connectivity index (χ4n) is 3.44. The van der Waals surface area contributed by atoms with Crippen molar-refractivity contribution < 1.29 is 4.79 Å². The Bertz CT molecular complexity index is 733. The third kappa shape index (κ3) is 4.62. The summed E-state index contributed by atoms with van der Waals surface area (Å²) in [6.07, 6.45) is 4.81. The Morgan fingerprint density at radius 2 is 1.81 bits per heavy atom. The van der Waals surface area contributed by atoms with Crippen molar-refractivity contribution in [3.8, 4) is 11.4 Å². The predicted octanol–water partition coefficient (Wildman–Crippen LogP) is 3.83. The minimum atomic E-state index is -0.495. The highest BCUT2D eigenvalue weighted by molar-refractivity contribution is 5.95. The number of amides is 1. The van der Waals surface area contributed by atoms with Gasteiger partial charge in [0.05, 0.1) is 5.41 Å². The molecular weight excluding hydrogens is 385 g/mol. The molecule has 0 saturated carbocycles. The van der Waals surface area contributed by atoms with Gasteiger partial charge in [0.15, 0.2) is 5.82 Å². The third-order valence-corrected chi connectivity index (χ3v) is 5.49. The van der Waals surface area contributed by atoms with Crippen molar-refractivity contribution in [2.75, 3.05) is 11.9 Å². The summed E-state index contributed by atoms with van der Waals surface area (Å²) in [7, 11) is 0. The summed E-state index contributed by atoms with van der Waals surface area (Å²) < 4.78 is 2.20. The highest BCUT2D eigenvalue weighted by Crippen LogP contribution is 2.28. The molecule has 1 aromatic carbocycles. The van der Waals surface area contributed by atoms with E-state index in [2.05, 4.69) is 20.1 Å². The second-order valence-corrected chi connectivity index (χ2v) is 6.77. The third-order valence-electron chi connectivity index (χ3n) is 5.49. The van der Waals surface area contributed by atoms with E-state index < -0.39 is 5.41 Å². The van der Waals surface area contributed by atoms with E-state index in [-0.39, 0.29) is 30.7 Å². The zero-order chi connectivity index (χ0) is 17.9. The van der Waals surface area contributed by atoms with Gasteiger partial charge in [-0.2, -0.15) is 0 Å². The Labute approximate surface area is 173 Å². The zero-order valence-corrected chi connectivity index (χ0v) is 17.5. The summed E-state index contributed by atoms with van der Waals surface area (Å²) in [6, 6.07) is 7.82. The number of rotatable bonds is 6. The van der Waals surface area contributed by atoms with Crippen LogP contribution >= 0.6 is 24.8 Å². The lowest BCUT2D eigenvalue weighted by molar-refractivity contribution is -0.125. The molecule has 150 valence electrons. The molecule has 0 bridgehead atoms. The van der Waals surface area contributed by atoms with Gasteiger partial charge in [0.1, 0.15) is 5.82 Å². The number of fused-ring (bicyclic) bond motifs is 1. The lowest BCUT2D eigenvalue weighted by Crippen LogP contribution is -2.41. The molecule has 0 fully saturated rings. The number of hydrogen-bond acceptors (Lipinski definition) is 4. The first-order valence-electron chi connectivity index (χ1n) is 9.17. The molecule has 0 unspecified atom stereocenters. The highest BCUT2D eigenvalue weighted by Gasteiger charge is 2.33. The van der Waals surface area contributed by atoms with Crippen molar-refractivity contribution in [1.29, 1.82) is 0 Å². The maximum absolute atomic E-state index is 12.6. The number of nitrogens with two attached hydrogens (primary N) is 1. The molecule has 27 heavy (non-hydrogen) atoms. The van der Waals surface area contributed by atoms with Crippen molar-refractivity contribution in [2.24, 2.45) is 11.1 Å². The molecular formula is C19H29Cl2N5O. The van der Waals surface area contributed by atoms with Crippen LogP contribution in [-0.4, -0.2) is 27.2 Å². The van der Waals surface area contributed by atoms with E-state index in [1.165, 1.54) is 12.8 Å². The predicted molar refractivity (Wildman–Crippen MR) is 114 cm³/mol. The molecule has 8 heteroatoms. The number of nitrogens with one attached hydrogen (secondary N) is 1. The lowest BCUT2D eigenvalue weighted by Gasteiger charge is -2.28. The highest BCUT2D eigenvalue weighted by atomic mass is 35.5. The Balaban J connectivity index is 0.00000182. The SMILES string of the molecule is CCC(CC)(CN)C(=O)Nc1ccc(-c2nnc3n2CCCC3)cc1.Cl.Cl. The van der Waals surface area contributed by atoms with E-state index in [0.29, 0.717) is 6.54 Å². The number of aryl methyl sites for hydroxylation is 1. The Hall–Kier alpha value is -1.63. The number of anilines is 1. The molecule has 1 amide bonds. The van der Waals surface area contributed by atoms with E-state index in [1.54, 1.807) is 0 Å². The molecule has 0 aliphatic carbocycles. The number of halogens is 2. The monoisotopic (exact) mass is 413 g/mol. The topological polar surface area (TPSA) is 85.8 Å². The van der Waals surface area contributed by atoms with Gasteiger partial charge < -0.3 is 15.6 Å². The number of carbonyl (C=O) groups is 1. The van der Waals surface area contributed by atoms with E-state index >= 15 is 0 Å². The molecule has 1 aromatic heterocycles. The van der Waals surface area contributed by atoms with Crippen LogP contribution in [0.2, 0.25) is 0 Å². The van der Waals surface area contributed by atoms with E-state index in [0.717, 1.165) is 48.7 Å². The molecule has 0 radical (unpaired) electrons. The Morgan fingerprint density at radius 1 is 1.15 bits per heavy atom. The van der Waals surface area contributed by atoms with Gasteiger partial charge in [0.2, 0.25) is 5.91 Å². The van der Waals surface area contributed by atoms with Crippen LogP contribution in [0.3, 0.4) is 0 Å². The normalized spacial score (nSPS) is 13.1. The summed E-state index contributed by atoms with van der Waals surface area (Å²) in [5, 5.41) is 11.7. The van der Waals surface area contributed by atoms with Gasteiger partial charge in [-0.05, 0) is 49.9 Å². The van der Waals surface area contributed by atoms with Crippen LogP contribution in [0.15, 0.2) is 24.3 Å². The average molecular weight is 414 g/mol. The molecule has 3 N–H and O–H groups in total. The van der Waals surface area contributed by atoms with Gasteiger partial charge >= 0.3 is 0 Å². The van der Waals surface area contributed by atoms with E-state index in [4.69, 9.17) is 5.73 Å². The van der Waals surface area contributed by atoms with E-state index in [1.807, 2.05) is 38.1 Å². The molecule has 2 aromatic rings. The second kappa shape index (κ2) is 10.1. The number of nitrogens with zero attached hydrogens (tertiary/aromatic N) is 3. The summed E-state index contributed by atoms with van der Waals surface area (Å²) >= 11 is 0. The fourth-order valence-corrected chi connectivity index (χ4v) is 3.44. The standard InChI is InChI=1S/C19H27N5O.2ClH/c1-3-19(4-2,13-20)18(25)21-15-10-8-14(9-11-15)17-23-22-16-7-5-6-12-24(16)17;;/h8-11H,3-7,12-13,20H2,1-2H3,(H,21,25);2*1H. The summed E-state index contributed by atoms with van der Waals surface area (Å²) in [5.74, 6) is 1.97. The number of benzene rings is 1. The maximum Gasteiger partial charge on any atom is 0.231 e. The smallest absolute Gasteiger partial charge is 0.231 e. The van der Waals surface area contributed by atoms with Crippen molar-refractivity contribution in [3.63, 3.8) is 0 Å². The quantitative estimate of drug-likeness (QED) is 0.752. The van der Waals surface area contributed by atoms with Gasteiger partial charge in [0, 0.05) is 30.8 Å². The summed E-state index contributed by atoms with van der Waals surface area (Å²) in [5.41, 5.74) is 7.17. The van der Waals surface area contributed by atoms with Crippen molar-refractivity contribution >= 4 is 36.4 Å². The van der Waals surface area contributed by atoms with Gasteiger partial charge in [-0.25, -0.2) is 0 Å². The van der Waals surface area contributed by atoms with Crippen molar-refractivity contribution in [1.82, 2.24) is 14.8 Å². The first-order valence-corrected chi connectivity index (χ1v) is 9.17. The first-order chi connectivity index (χ1) is 12.1. The van der Waals surface area contributed by atoms with Gasteiger partial charge in [0.25, 0.3) is 0 Å². The minimum absolute atomic E-state index is 0. The van der Waals surface area contributed by atoms with Crippen LogP contribution in [0, 0.1) is 5.41 Å². The van der Waals surface area contributed by atoms with Crippen LogP contribution in [0.25, 0.3) is 11.4 Å². The summed E-state index contributed by atoms with van der Waals surface area (Å²) in [4.78, 5) is 12.6. The van der Waals surface area contributed by atoms with Gasteiger partial charge in [-0.1, -0.05) is 13.8 Å². The van der Waals surface area contributed by atoms with Gasteiger partial charge in [-0.3, -0.25) is 4.79 Å². The molecule has 1 aliphatic heterocycles. The maximum atomic E-state index is 12.6. The van der Waals surface area contributed by atoms with Crippen LogP contribution in [0.4, 0.5) is 5.69 Å². The molecule has 3 rings (SSSR count). The van der Waals surface area contributed by atoms with Gasteiger partial charge in [-0.15, -0.1) is 35.0 Å². The molecule has 1 aliphatic rings. The molecule has 6 nitrogen and oxygen atoms in total. The molecule has 0 atom stereocenters. The van der Waals surface area contributed by atoms with E-state index in [9.17, 15) is 4.79 Å². The number of aromatic nitrogens is 3. The lowest BCUT2D eigenvalue weighted by atomic mass is 9.81. The van der Waals surface area contributed by atoms with Crippen molar-refractivity contribution in [3.05, 3.63) is 30.1 Å². The van der Waals surface area contributed by atoms with Crippen LogP contribution < -0.4 is 11.1 Å². The first kappa shape index (κ1) is 23.4. The average Bonchev–Trinajstić information content (AvgIpc) is 3.08. The molecule has 2 heterocycles. The Kier molecular flexibility index (Phi) is 8.72. The number of carbonyl (C=O) groups excluding carboxylic acids is 1. The molecule has 0 saturated heterocycles. The minimum Gasteiger partial charge on any atom is -0.329 e. The van der Waals surface area contributed by atoms with Crippen LogP contribution in [-0.2, 0) is 17.8 Å². The van der Waals surface area contributed by atoms with Crippen molar-refractivity contribution in [2.45, 2.75) is 52.5 Å². The largest absolute Gasteiger partial charge is 0.329 e. The van der Waals surface area contributed by atoms with Crippen LogP contribution in [0.5, 0.6) is 0 Å². The Morgan fingerprint density at radius 3 is 2.41 bits per heavy atom. The summed E-state index contributed by atoms with van der Waals surface area (Å²) in [6.45, 7) is 5.35. The second-order valence-electron chi connectivity index (χ2n) is 6.77. The zero-order valence-electron chi connectivity index (χ0n) is 15.9. The fraction of sp³-hybridized carbons (Fsp3) is 0.526. The molecule has 0 spiro atoms.